The summed E-state index contributed by atoms with van der Waals surface area (Å²) in [5, 5.41) is 7.18. The van der Waals surface area contributed by atoms with Crippen LogP contribution in [0.2, 0.25) is 0 Å². The van der Waals surface area contributed by atoms with Gasteiger partial charge in [0.25, 0.3) is 0 Å². The molecule has 3 unspecified atom stereocenters. The SMILES string of the molecule is CCC(C)n1nccc1NC(=O)C1CC1c1ccccc1F. The Kier molecular flexibility index (Phi) is 3.96. The molecule has 1 N–H and O–H groups in total. The second-order valence-corrected chi connectivity index (χ2v) is 5.88. The summed E-state index contributed by atoms with van der Waals surface area (Å²) in [4.78, 5) is 12.4. The van der Waals surface area contributed by atoms with Gasteiger partial charge in [-0.1, -0.05) is 25.1 Å². The van der Waals surface area contributed by atoms with Crippen molar-refractivity contribution in [3.63, 3.8) is 0 Å². The van der Waals surface area contributed by atoms with Crippen LogP contribution in [0.5, 0.6) is 0 Å². The molecule has 1 heterocycles. The van der Waals surface area contributed by atoms with E-state index in [9.17, 15) is 9.18 Å². The third kappa shape index (κ3) is 2.75. The lowest BCUT2D eigenvalue weighted by atomic mass is 10.1. The van der Waals surface area contributed by atoms with E-state index in [1.54, 1.807) is 24.4 Å². The summed E-state index contributed by atoms with van der Waals surface area (Å²) < 4.78 is 15.6. The van der Waals surface area contributed by atoms with Gasteiger partial charge < -0.3 is 5.32 Å². The van der Waals surface area contributed by atoms with E-state index < -0.39 is 0 Å². The molecule has 1 amide bonds. The predicted octanol–water partition coefficient (Wildman–Crippen LogP) is 3.74. The van der Waals surface area contributed by atoms with E-state index in [0.29, 0.717) is 17.8 Å². The maximum atomic E-state index is 13.8. The standard InChI is InChI=1S/C17H20FN3O/c1-3-11(2)21-16(8-9-19-21)20-17(22)14-10-13(14)12-6-4-5-7-15(12)18/h4-9,11,13-14H,3,10H2,1-2H3,(H,20,22). The summed E-state index contributed by atoms with van der Waals surface area (Å²) in [7, 11) is 0. The van der Waals surface area contributed by atoms with E-state index in [1.807, 2.05) is 10.7 Å². The quantitative estimate of drug-likeness (QED) is 0.914. The third-order valence-electron chi connectivity index (χ3n) is 4.36. The average Bonchev–Trinajstić information content (AvgIpc) is 3.19. The lowest BCUT2D eigenvalue weighted by molar-refractivity contribution is -0.117. The average molecular weight is 301 g/mol. The van der Waals surface area contributed by atoms with E-state index in [1.165, 1.54) is 6.07 Å². The van der Waals surface area contributed by atoms with Crippen LogP contribution in [-0.4, -0.2) is 15.7 Å². The zero-order valence-corrected chi connectivity index (χ0v) is 12.8. The van der Waals surface area contributed by atoms with Crippen LogP contribution in [0.15, 0.2) is 36.5 Å². The van der Waals surface area contributed by atoms with Gasteiger partial charge in [0.05, 0.1) is 12.2 Å². The lowest BCUT2D eigenvalue weighted by Crippen LogP contribution is -2.19. The lowest BCUT2D eigenvalue weighted by Gasteiger charge is -2.14. The summed E-state index contributed by atoms with van der Waals surface area (Å²) in [6, 6.07) is 8.71. The Labute approximate surface area is 129 Å². The first-order valence-corrected chi connectivity index (χ1v) is 7.70. The molecule has 1 aromatic heterocycles. The van der Waals surface area contributed by atoms with E-state index in [4.69, 9.17) is 0 Å². The molecule has 0 bridgehead atoms. The molecule has 22 heavy (non-hydrogen) atoms. The fourth-order valence-electron chi connectivity index (χ4n) is 2.76. The zero-order chi connectivity index (χ0) is 15.7. The Hall–Kier alpha value is -2.17. The number of amides is 1. The Balaban J connectivity index is 1.68. The molecule has 1 aromatic carbocycles. The summed E-state index contributed by atoms with van der Waals surface area (Å²) >= 11 is 0. The first-order valence-electron chi connectivity index (χ1n) is 7.70. The van der Waals surface area contributed by atoms with Crippen LogP contribution < -0.4 is 5.32 Å². The van der Waals surface area contributed by atoms with E-state index in [2.05, 4.69) is 24.3 Å². The molecular weight excluding hydrogens is 281 g/mol. The van der Waals surface area contributed by atoms with Gasteiger partial charge in [0.2, 0.25) is 5.91 Å². The van der Waals surface area contributed by atoms with Gasteiger partial charge in [0, 0.05) is 12.0 Å². The Morgan fingerprint density at radius 3 is 2.95 bits per heavy atom. The van der Waals surface area contributed by atoms with Crippen molar-refractivity contribution in [2.24, 2.45) is 5.92 Å². The number of anilines is 1. The molecule has 5 heteroatoms. The molecule has 1 aliphatic rings. The molecule has 4 nitrogen and oxygen atoms in total. The first-order chi connectivity index (χ1) is 10.6. The number of aromatic nitrogens is 2. The maximum absolute atomic E-state index is 13.8. The van der Waals surface area contributed by atoms with Crippen molar-refractivity contribution in [1.29, 1.82) is 0 Å². The van der Waals surface area contributed by atoms with Crippen LogP contribution in [0, 0.1) is 11.7 Å². The van der Waals surface area contributed by atoms with Crippen LogP contribution >= 0.6 is 0 Å². The zero-order valence-electron chi connectivity index (χ0n) is 12.8. The van der Waals surface area contributed by atoms with Gasteiger partial charge in [-0.05, 0) is 37.3 Å². The topological polar surface area (TPSA) is 46.9 Å². The molecule has 116 valence electrons. The van der Waals surface area contributed by atoms with Crippen molar-refractivity contribution in [3.05, 3.63) is 47.9 Å². The van der Waals surface area contributed by atoms with Crippen molar-refractivity contribution in [2.45, 2.75) is 38.6 Å². The van der Waals surface area contributed by atoms with Crippen molar-refractivity contribution in [1.82, 2.24) is 9.78 Å². The molecule has 0 radical (unpaired) electrons. The van der Waals surface area contributed by atoms with Gasteiger partial charge in [-0.25, -0.2) is 9.07 Å². The van der Waals surface area contributed by atoms with E-state index in [-0.39, 0.29) is 29.6 Å². The second kappa shape index (κ2) is 5.91. The van der Waals surface area contributed by atoms with Crippen molar-refractivity contribution in [2.75, 3.05) is 5.32 Å². The molecule has 0 saturated heterocycles. The van der Waals surface area contributed by atoms with Crippen molar-refractivity contribution >= 4 is 11.7 Å². The second-order valence-electron chi connectivity index (χ2n) is 5.88. The molecule has 3 atom stereocenters. The van der Waals surface area contributed by atoms with Crippen LogP contribution in [0.1, 0.15) is 44.2 Å². The highest BCUT2D eigenvalue weighted by molar-refractivity contribution is 5.94. The number of halogens is 1. The van der Waals surface area contributed by atoms with Crippen molar-refractivity contribution in [3.8, 4) is 0 Å². The van der Waals surface area contributed by atoms with Crippen LogP contribution in [0.25, 0.3) is 0 Å². The molecule has 1 fully saturated rings. The highest BCUT2D eigenvalue weighted by atomic mass is 19.1. The van der Waals surface area contributed by atoms with Gasteiger partial charge in [-0.3, -0.25) is 4.79 Å². The number of carbonyl (C=O) groups excluding carboxylic acids is 1. The predicted molar refractivity (Wildman–Crippen MR) is 83.1 cm³/mol. The number of carbonyl (C=O) groups is 1. The normalized spacial score (nSPS) is 21.4. The van der Waals surface area contributed by atoms with Gasteiger partial charge in [-0.15, -0.1) is 0 Å². The highest BCUT2D eigenvalue weighted by Gasteiger charge is 2.45. The smallest absolute Gasteiger partial charge is 0.229 e. The largest absolute Gasteiger partial charge is 0.311 e. The van der Waals surface area contributed by atoms with Gasteiger partial charge in [0.15, 0.2) is 0 Å². The minimum absolute atomic E-state index is 0.0128. The number of rotatable bonds is 5. The number of benzene rings is 1. The van der Waals surface area contributed by atoms with Crippen LogP contribution in [0.3, 0.4) is 0 Å². The summed E-state index contributed by atoms with van der Waals surface area (Å²) in [5.74, 6) is 0.252. The Bertz CT molecular complexity index is 682. The molecular formula is C17H20FN3O. The third-order valence-corrected chi connectivity index (χ3v) is 4.36. The van der Waals surface area contributed by atoms with E-state index in [0.717, 1.165) is 6.42 Å². The minimum Gasteiger partial charge on any atom is -0.311 e. The Morgan fingerprint density at radius 2 is 2.23 bits per heavy atom. The highest BCUT2D eigenvalue weighted by Crippen LogP contribution is 2.48. The maximum Gasteiger partial charge on any atom is 0.229 e. The van der Waals surface area contributed by atoms with Crippen LogP contribution in [0.4, 0.5) is 10.2 Å². The summed E-state index contributed by atoms with van der Waals surface area (Å²) in [6.07, 6.45) is 3.32. The Morgan fingerprint density at radius 1 is 1.45 bits per heavy atom. The van der Waals surface area contributed by atoms with Crippen LogP contribution in [-0.2, 0) is 4.79 Å². The minimum atomic E-state index is -0.229. The van der Waals surface area contributed by atoms with Gasteiger partial charge >= 0.3 is 0 Å². The molecule has 0 aliphatic heterocycles. The summed E-state index contributed by atoms with van der Waals surface area (Å²) in [5.41, 5.74) is 0.637. The number of nitrogens with one attached hydrogen (secondary N) is 1. The molecule has 1 saturated carbocycles. The fraction of sp³-hybridized carbons (Fsp3) is 0.412. The molecule has 2 aromatic rings. The molecule has 1 aliphatic carbocycles. The summed E-state index contributed by atoms with van der Waals surface area (Å²) in [6.45, 7) is 4.13. The molecule has 0 spiro atoms. The fourth-order valence-corrected chi connectivity index (χ4v) is 2.76. The van der Waals surface area contributed by atoms with Gasteiger partial charge in [-0.2, -0.15) is 5.10 Å². The number of nitrogens with zero attached hydrogens (tertiary/aromatic N) is 2. The monoisotopic (exact) mass is 301 g/mol. The molecule has 3 rings (SSSR count). The van der Waals surface area contributed by atoms with Gasteiger partial charge in [0.1, 0.15) is 11.6 Å². The first kappa shape index (κ1) is 14.8. The van der Waals surface area contributed by atoms with E-state index >= 15 is 0 Å². The van der Waals surface area contributed by atoms with Crippen molar-refractivity contribution < 1.29 is 9.18 Å². The number of hydrogen-bond donors (Lipinski definition) is 1. The number of hydrogen-bond acceptors (Lipinski definition) is 2.